The molecule has 0 aromatic carbocycles. The van der Waals surface area contributed by atoms with Gasteiger partial charge in [-0.3, -0.25) is 4.79 Å². The number of rotatable bonds is 5. The third-order valence-electron chi connectivity index (χ3n) is 8.82. The quantitative estimate of drug-likeness (QED) is 0.703. The predicted molar refractivity (Wildman–Crippen MR) is 104 cm³/mol. The summed E-state index contributed by atoms with van der Waals surface area (Å²) >= 11 is 0. The van der Waals surface area contributed by atoms with Crippen molar-refractivity contribution in [2.75, 3.05) is 0 Å². The van der Waals surface area contributed by atoms with E-state index in [1.165, 1.54) is 0 Å². The van der Waals surface area contributed by atoms with Gasteiger partial charge in [0.25, 0.3) is 0 Å². The molecule has 0 aromatic rings. The molecule has 0 aromatic heterocycles. The standard InChI is InChI=1S/C23H38O4/c1-4-21(2,3)20(24)27-17-14-15-13-16(17)19(23(26)11-7-8-12-23)18(15)22(25)9-5-6-10-22/h15-19,25-26H,4-14H2,1-3H3. The number of carbonyl (C=O) groups is 1. The van der Waals surface area contributed by atoms with Gasteiger partial charge in [-0.15, -0.1) is 0 Å². The summed E-state index contributed by atoms with van der Waals surface area (Å²) in [6.45, 7) is 5.93. The topological polar surface area (TPSA) is 66.8 Å². The fraction of sp³-hybridized carbons (Fsp3) is 0.957. The maximum Gasteiger partial charge on any atom is 0.311 e. The highest BCUT2D eigenvalue weighted by atomic mass is 16.5. The SMILES string of the molecule is CCC(C)(C)C(=O)OC1CC2CC1C(C1(O)CCCC1)C2C1(O)CCCC1. The molecule has 4 fully saturated rings. The molecule has 2 bridgehead atoms. The summed E-state index contributed by atoms with van der Waals surface area (Å²) in [6, 6.07) is 0. The third-order valence-corrected chi connectivity index (χ3v) is 8.82. The van der Waals surface area contributed by atoms with Gasteiger partial charge < -0.3 is 14.9 Å². The molecule has 4 saturated carbocycles. The highest BCUT2D eigenvalue weighted by Crippen LogP contribution is 2.64. The van der Waals surface area contributed by atoms with E-state index in [9.17, 15) is 15.0 Å². The summed E-state index contributed by atoms with van der Waals surface area (Å²) < 4.78 is 6.05. The molecule has 5 atom stereocenters. The average Bonchev–Trinajstić information content (AvgIpc) is 3.38. The van der Waals surface area contributed by atoms with Crippen LogP contribution in [0.2, 0.25) is 0 Å². The van der Waals surface area contributed by atoms with Crippen LogP contribution < -0.4 is 0 Å². The Balaban J connectivity index is 1.59. The minimum absolute atomic E-state index is 0.0794. The van der Waals surface area contributed by atoms with E-state index in [-0.39, 0.29) is 29.8 Å². The van der Waals surface area contributed by atoms with Crippen LogP contribution in [0.1, 0.15) is 91.4 Å². The second kappa shape index (κ2) is 6.73. The molecule has 0 radical (unpaired) electrons. The third kappa shape index (κ3) is 3.15. The predicted octanol–water partition coefficient (Wildman–Crippen LogP) is 4.22. The Morgan fingerprint density at radius 1 is 0.963 bits per heavy atom. The first kappa shape index (κ1) is 19.7. The number of fused-ring (bicyclic) bond motifs is 2. The fourth-order valence-corrected chi connectivity index (χ4v) is 7.03. The summed E-state index contributed by atoms with van der Waals surface area (Å²) in [5.74, 6) is 0.766. The molecule has 0 spiro atoms. The van der Waals surface area contributed by atoms with E-state index >= 15 is 0 Å². The second-order valence-electron chi connectivity index (χ2n) is 10.7. The number of hydrogen-bond donors (Lipinski definition) is 2. The van der Waals surface area contributed by atoms with Crippen LogP contribution in [-0.2, 0) is 9.53 Å². The van der Waals surface area contributed by atoms with Crippen LogP contribution in [0.5, 0.6) is 0 Å². The Bertz CT molecular complexity index is 571. The molecule has 4 aliphatic carbocycles. The van der Waals surface area contributed by atoms with Crippen LogP contribution in [0.25, 0.3) is 0 Å². The summed E-state index contributed by atoms with van der Waals surface area (Å²) in [5.41, 5.74) is -1.74. The largest absolute Gasteiger partial charge is 0.462 e. The monoisotopic (exact) mass is 378 g/mol. The molecule has 0 heterocycles. The van der Waals surface area contributed by atoms with Crippen LogP contribution in [-0.4, -0.2) is 33.5 Å². The van der Waals surface area contributed by atoms with Gasteiger partial charge in [0.05, 0.1) is 16.6 Å². The number of esters is 1. The summed E-state index contributed by atoms with van der Waals surface area (Å²) in [7, 11) is 0. The van der Waals surface area contributed by atoms with Crippen molar-refractivity contribution in [1.29, 1.82) is 0 Å². The minimum atomic E-state index is -0.673. The zero-order chi connectivity index (χ0) is 19.4. The number of hydrogen-bond acceptors (Lipinski definition) is 4. The Labute approximate surface area is 164 Å². The Kier molecular flexibility index (Phi) is 4.91. The molecule has 0 saturated heterocycles. The van der Waals surface area contributed by atoms with Crippen LogP contribution in [0, 0.1) is 29.1 Å². The molecule has 0 aliphatic heterocycles. The highest BCUT2D eigenvalue weighted by molar-refractivity contribution is 5.76. The van der Waals surface area contributed by atoms with Crippen LogP contribution >= 0.6 is 0 Å². The number of ether oxygens (including phenoxy) is 1. The van der Waals surface area contributed by atoms with Crippen molar-refractivity contribution in [2.24, 2.45) is 29.1 Å². The van der Waals surface area contributed by atoms with Gasteiger partial charge in [-0.25, -0.2) is 0 Å². The van der Waals surface area contributed by atoms with Gasteiger partial charge in [-0.05, 0) is 76.5 Å². The lowest BCUT2D eigenvalue weighted by Crippen LogP contribution is -2.54. The molecule has 2 N–H and O–H groups in total. The highest BCUT2D eigenvalue weighted by Gasteiger charge is 2.65. The summed E-state index contributed by atoms with van der Waals surface area (Å²) in [4.78, 5) is 12.7. The smallest absolute Gasteiger partial charge is 0.311 e. The van der Waals surface area contributed by atoms with Gasteiger partial charge in [-0.1, -0.05) is 32.6 Å². The van der Waals surface area contributed by atoms with E-state index in [4.69, 9.17) is 4.74 Å². The molecule has 27 heavy (non-hydrogen) atoms. The van der Waals surface area contributed by atoms with Crippen molar-refractivity contribution in [3.63, 3.8) is 0 Å². The maximum atomic E-state index is 12.7. The number of aliphatic hydroxyl groups is 2. The molecule has 4 heteroatoms. The van der Waals surface area contributed by atoms with Gasteiger partial charge >= 0.3 is 5.97 Å². The van der Waals surface area contributed by atoms with Crippen molar-refractivity contribution in [2.45, 2.75) is 109 Å². The van der Waals surface area contributed by atoms with Gasteiger partial charge in [0.15, 0.2) is 0 Å². The Morgan fingerprint density at radius 3 is 2.00 bits per heavy atom. The zero-order valence-electron chi connectivity index (χ0n) is 17.4. The van der Waals surface area contributed by atoms with E-state index in [0.717, 1.165) is 70.6 Å². The van der Waals surface area contributed by atoms with E-state index in [1.54, 1.807) is 0 Å². The molecule has 4 rings (SSSR count). The molecule has 154 valence electrons. The van der Waals surface area contributed by atoms with Crippen molar-refractivity contribution in [3.05, 3.63) is 0 Å². The average molecular weight is 379 g/mol. The second-order valence-corrected chi connectivity index (χ2v) is 10.7. The fourth-order valence-electron chi connectivity index (χ4n) is 7.03. The summed E-state index contributed by atoms with van der Waals surface area (Å²) in [6.07, 6.45) is 10.3. The van der Waals surface area contributed by atoms with Gasteiger partial charge in [0.2, 0.25) is 0 Å². The van der Waals surface area contributed by atoms with Gasteiger partial charge in [0, 0.05) is 5.92 Å². The van der Waals surface area contributed by atoms with Crippen molar-refractivity contribution in [3.8, 4) is 0 Å². The van der Waals surface area contributed by atoms with Crippen molar-refractivity contribution >= 4 is 5.97 Å². The van der Waals surface area contributed by atoms with Crippen molar-refractivity contribution < 1.29 is 19.7 Å². The Hall–Kier alpha value is -0.610. The molecule has 4 aliphatic rings. The molecular formula is C23H38O4. The first-order valence-corrected chi connectivity index (χ1v) is 11.4. The van der Waals surface area contributed by atoms with Gasteiger partial charge in [-0.2, -0.15) is 0 Å². The first-order chi connectivity index (χ1) is 12.7. The first-order valence-electron chi connectivity index (χ1n) is 11.4. The van der Waals surface area contributed by atoms with E-state index in [2.05, 4.69) is 0 Å². The van der Waals surface area contributed by atoms with Crippen LogP contribution in [0.3, 0.4) is 0 Å². The van der Waals surface area contributed by atoms with E-state index < -0.39 is 16.6 Å². The zero-order valence-corrected chi connectivity index (χ0v) is 17.4. The van der Waals surface area contributed by atoms with Gasteiger partial charge in [0.1, 0.15) is 6.10 Å². The Morgan fingerprint density at radius 2 is 1.48 bits per heavy atom. The van der Waals surface area contributed by atoms with E-state index in [0.29, 0.717) is 5.92 Å². The van der Waals surface area contributed by atoms with Crippen LogP contribution in [0.4, 0.5) is 0 Å². The summed E-state index contributed by atoms with van der Waals surface area (Å²) in [5, 5.41) is 23.0. The lowest BCUT2D eigenvalue weighted by molar-refractivity contribution is -0.177. The van der Waals surface area contributed by atoms with Crippen LogP contribution in [0.15, 0.2) is 0 Å². The molecular weight excluding hydrogens is 340 g/mol. The lowest BCUT2D eigenvalue weighted by atomic mass is 9.62. The normalized spacial score (nSPS) is 39.8. The number of carbonyl (C=O) groups excluding carboxylic acids is 1. The lowest BCUT2D eigenvalue weighted by Gasteiger charge is -2.49. The molecule has 0 amide bonds. The minimum Gasteiger partial charge on any atom is -0.462 e. The molecule has 5 unspecified atom stereocenters. The van der Waals surface area contributed by atoms with Crippen molar-refractivity contribution in [1.82, 2.24) is 0 Å². The van der Waals surface area contributed by atoms with E-state index in [1.807, 2.05) is 20.8 Å². The molecule has 4 nitrogen and oxygen atoms in total. The maximum absolute atomic E-state index is 12.7.